The number of ether oxygens (including phenoxy) is 1. The van der Waals surface area contributed by atoms with Crippen LogP contribution >= 0.6 is 15.9 Å². The molecule has 88 valence electrons. The van der Waals surface area contributed by atoms with Gasteiger partial charge in [-0.25, -0.2) is 13.4 Å². The van der Waals surface area contributed by atoms with Crippen molar-refractivity contribution in [2.45, 2.75) is 0 Å². The van der Waals surface area contributed by atoms with Crippen molar-refractivity contribution in [2.24, 2.45) is 0 Å². The van der Waals surface area contributed by atoms with Gasteiger partial charge in [0.05, 0.1) is 11.6 Å². The van der Waals surface area contributed by atoms with Gasteiger partial charge in [0.25, 0.3) is 0 Å². The lowest BCUT2D eigenvalue weighted by molar-refractivity contribution is -0.137. The van der Waals surface area contributed by atoms with Gasteiger partial charge in [-0.15, -0.1) is 0 Å². The van der Waals surface area contributed by atoms with E-state index in [0.29, 0.717) is 4.47 Å². The van der Waals surface area contributed by atoms with Gasteiger partial charge in [0.1, 0.15) is 0 Å². The van der Waals surface area contributed by atoms with Gasteiger partial charge in [0, 0.05) is 6.20 Å². The smallest absolute Gasteiger partial charge is 0.322 e. The molecule has 1 heterocycles. The van der Waals surface area contributed by atoms with Crippen LogP contribution in [0.3, 0.4) is 0 Å². The molecule has 0 saturated heterocycles. The van der Waals surface area contributed by atoms with Gasteiger partial charge in [-0.2, -0.15) is 0 Å². The number of methoxy groups -OCH3 is 1. The SMILES string of the molecule is COC(=O)CS(=O)(=O)Nc1ncccc1Br. The zero-order chi connectivity index (χ0) is 12.2. The lowest BCUT2D eigenvalue weighted by Crippen LogP contribution is -2.24. The fraction of sp³-hybridized carbons (Fsp3) is 0.250. The average Bonchev–Trinajstić information content (AvgIpc) is 2.20. The van der Waals surface area contributed by atoms with Crippen LogP contribution in [0.5, 0.6) is 0 Å². The van der Waals surface area contributed by atoms with E-state index in [2.05, 4.69) is 30.4 Å². The van der Waals surface area contributed by atoms with Crippen molar-refractivity contribution in [1.29, 1.82) is 0 Å². The summed E-state index contributed by atoms with van der Waals surface area (Å²) in [6.45, 7) is 0. The number of hydrogen-bond acceptors (Lipinski definition) is 5. The van der Waals surface area contributed by atoms with E-state index in [1.807, 2.05) is 0 Å². The summed E-state index contributed by atoms with van der Waals surface area (Å²) >= 11 is 3.13. The molecule has 0 bridgehead atoms. The van der Waals surface area contributed by atoms with E-state index < -0.39 is 21.7 Å². The van der Waals surface area contributed by atoms with E-state index in [4.69, 9.17) is 0 Å². The Kier molecular flexibility index (Phi) is 4.25. The molecule has 6 nitrogen and oxygen atoms in total. The molecule has 0 spiro atoms. The highest BCUT2D eigenvalue weighted by Crippen LogP contribution is 2.19. The maximum absolute atomic E-state index is 11.4. The number of aromatic nitrogens is 1. The minimum atomic E-state index is -3.79. The molecule has 0 aliphatic rings. The number of halogens is 1. The van der Waals surface area contributed by atoms with E-state index in [1.165, 1.54) is 6.20 Å². The topological polar surface area (TPSA) is 85.4 Å². The Balaban J connectivity index is 2.81. The Hall–Kier alpha value is -1.15. The Morgan fingerprint density at radius 2 is 2.31 bits per heavy atom. The fourth-order valence-corrected chi connectivity index (χ4v) is 2.30. The molecule has 0 amide bonds. The van der Waals surface area contributed by atoms with Gasteiger partial charge in [-0.3, -0.25) is 9.52 Å². The van der Waals surface area contributed by atoms with Gasteiger partial charge in [-0.1, -0.05) is 0 Å². The first-order chi connectivity index (χ1) is 7.44. The second-order valence-corrected chi connectivity index (χ2v) is 5.35. The van der Waals surface area contributed by atoms with Crippen LogP contribution in [0.4, 0.5) is 5.82 Å². The minimum absolute atomic E-state index is 0.131. The zero-order valence-electron chi connectivity index (χ0n) is 8.31. The minimum Gasteiger partial charge on any atom is -0.468 e. The number of carbonyl (C=O) groups excluding carboxylic acids is 1. The van der Waals surface area contributed by atoms with Crippen LogP contribution < -0.4 is 4.72 Å². The van der Waals surface area contributed by atoms with Crippen molar-refractivity contribution in [3.05, 3.63) is 22.8 Å². The van der Waals surface area contributed by atoms with E-state index in [-0.39, 0.29) is 5.82 Å². The van der Waals surface area contributed by atoms with Crippen LogP contribution in [0.15, 0.2) is 22.8 Å². The summed E-state index contributed by atoms with van der Waals surface area (Å²) in [5.41, 5.74) is 0. The molecule has 0 fully saturated rings. The standard InChI is InChI=1S/C8H9BrN2O4S/c1-15-7(12)5-16(13,14)11-8-6(9)3-2-4-10-8/h2-4H,5H2,1H3,(H,10,11). The number of carbonyl (C=O) groups is 1. The van der Waals surface area contributed by atoms with Crippen LogP contribution in [0.1, 0.15) is 0 Å². The third kappa shape index (κ3) is 3.78. The highest BCUT2D eigenvalue weighted by Gasteiger charge is 2.18. The van der Waals surface area contributed by atoms with Gasteiger partial charge >= 0.3 is 5.97 Å². The maximum Gasteiger partial charge on any atom is 0.322 e. The van der Waals surface area contributed by atoms with Crippen LogP contribution in [0, 0.1) is 0 Å². The molecule has 0 aliphatic heterocycles. The normalized spacial score (nSPS) is 10.9. The first-order valence-corrected chi connectivity index (χ1v) is 6.57. The lowest BCUT2D eigenvalue weighted by Gasteiger charge is -2.07. The quantitative estimate of drug-likeness (QED) is 0.830. The fourth-order valence-electron chi connectivity index (χ4n) is 0.858. The monoisotopic (exact) mass is 308 g/mol. The van der Waals surface area contributed by atoms with Crippen LogP contribution in [0.25, 0.3) is 0 Å². The first kappa shape index (κ1) is 12.9. The highest BCUT2D eigenvalue weighted by molar-refractivity contribution is 9.10. The number of nitrogens with one attached hydrogen (secondary N) is 1. The molecule has 0 atom stereocenters. The third-order valence-electron chi connectivity index (χ3n) is 1.55. The first-order valence-electron chi connectivity index (χ1n) is 4.12. The average molecular weight is 309 g/mol. The number of sulfonamides is 1. The highest BCUT2D eigenvalue weighted by atomic mass is 79.9. The number of hydrogen-bond donors (Lipinski definition) is 1. The van der Waals surface area contributed by atoms with Crippen LogP contribution in [-0.4, -0.2) is 32.2 Å². The Bertz CT molecular complexity index is 489. The van der Waals surface area contributed by atoms with Gasteiger partial charge in [0.2, 0.25) is 10.0 Å². The number of anilines is 1. The summed E-state index contributed by atoms with van der Waals surface area (Å²) in [7, 11) is -2.67. The molecule has 0 unspecified atom stereocenters. The van der Waals surface area contributed by atoms with E-state index in [1.54, 1.807) is 12.1 Å². The van der Waals surface area contributed by atoms with Gasteiger partial charge in [-0.05, 0) is 28.1 Å². The number of nitrogens with zero attached hydrogens (tertiary/aromatic N) is 1. The zero-order valence-corrected chi connectivity index (χ0v) is 10.7. The second kappa shape index (κ2) is 5.26. The summed E-state index contributed by atoms with van der Waals surface area (Å²) in [5.74, 6) is -1.45. The lowest BCUT2D eigenvalue weighted by atomic mass is 10.5. The predicted octanol–water partition coefficient (Wildman–Crippen LogP) is 0.759. The molecule has 16 heavy (non-hydrogen) atoms. The molecule has 0 aliphatic carbocycles. The van der Waals surface area contributed by atoms with Crippen molar-refractivity contribution >= 4 is 37.7 Å². The van der Waals surface area contributed by atoms with E-state index >= 15 is 0 Å². The van der Waals surface area contributed by atoms with Crippen molar-refractivity contribution in [2.75, 3.05) is 17.6 Å². The largest absolute Gasteiger partial charge is 0.468 e. The summed E-state index contributed by atoms with van der Waals surface area (Å²) < 4.78 is 29.8. The summed E-state index contributed by atoms with van der Waals surface area (Å²) in [5, 5.41) is 0. The molecule has 0 aromatic carbocycles. The molecule has 0 radical (unpaired) electrons. The number of pyridine rings is 1. The maximum atomic E-state index is 11.4. The number of esters is 1. The third-order valence-corrected chi connectivity index (χ3v) is 3.31. The van der Waals surface area contributed by atoms with Crippen molar-refractivity contribution in [3.63, 3.8) is 0 Å². The van der Waals surface area contributed by atoms with Crippen molar-refractivity contribution in [1.82, 2.24) is 4.98 Å². The van der Waals surface area contributed by atoms with Crippen molar-refractivity contribution < 1.29 is 17.9 Å². The second-order valence-electron chi connectivity index (χ2n) is 2.77. The molecule has 1 aromatic heterocycles. The molecule has 8 heteroatoms. The van der Waals surface area contributed by atoms with Crippen LogP contribution in [0.2, 0.25) is 0 Å². The molecular formula is C8H9BrN2O4S. The van der Waals surface area contributed by atoms with Crippen LogP contribution in [-0.2, 0) is 19.6 Å². The number of rotatable bonds is 4. The molecule has 1 aromatic rings. The molecular weight excluding hydrogens is 300 g/mol. The molecule has 1 N–H and O–H groups in total. The Morgan fingerprint density at radius 1 is 1.62 bits per heavy atom. The van der Waals surface area contributed by atoms with Gasteiger partial charge < -0.3 is 4.74 Å². The van der Waals surface area contributed by atoms with Crippen molar-refractivity contribution in [3.8, 4) is 0 Å². The Morgan fingerprint density at radius 3 is 2.88 bits per heavy atom. The van der Waals surface area contributed by atoms with E-state index in [9.17, 15) is 13.2 Å². The summed E-state index contributed by atoms with van der Waals surface area (Å²) in [6, 6.07) is 3.27. The molecule has 0 saturated carbocycles. The van der Waals surface area contributed by atoms with E-state index in [0.717, 1.165) is 7.11 Å². The molecule has 1 rings (SSSR count). The summed E-state index contributed by atoms with van der Waals surface area (Å²) in [6.07, 6.45) is 1.43. The Labute approximate surface area is 101 Å². The predicted molar refractivity (Wildman–Crippen MR) is 61.4 cm³/mol. The summed E-state index contributed by atoms with van der Waals surface area (Å²) in [4.78, 5) is 14.6. The van der Waals surface area contributed by atoms with Gasteiger partial charge in [0.15, 0.2) is 11.6 Å².